The van der Waals surface area contributed by atoms with Gasteiger partial charge in [0.1, 0.15) is 0 Å². The van der Waals surface area contributed by atoms with Crippen LogP contribution in [0.2, 0.25) is 0 Å². The van der Waals surface area contributed by atoms with E-state index in [4.69, 9.17) is 9.47 Å². The van der Waals surface area contributed by atoms with Crippen LogP contribution >= 0.6 is 0 Å². The highest BCUT2D eigenvalue weighted by molar-refractivity contribution is 5.86. The maximum absolute atomic E-state index is 12.8. The Morgan fingerprint density at radius 3 is 2.13 bits per heavy atom. The first-order valence-electron chi connectivity index (χ1n) is 9.99. The van der Waals surface area contributed by atoms with Crippen molar-refractivity contribution in [2.75, 3.05) is 13.3 Å². The Morgan fingerprint density at radius 2 is 1.57 bits per heavy atom. The van der Waals surface area contributed by atoms with E-state index in [1.54, 1.807) is 0 Å². The molecule has 2 aromatic carbocycles. The fraction of sp³-hybridized carbons (Fsp3) is 0.391. The minimum absolute atomic E-state index is 0.143. The summed E-state index contributed by atoms with van der Waals surface area (Å²) < 4.78 is 11.0. The molecular weight excluding hydrogens is 384 g/mol. The summed E-state index contributed by atoms with van der Waals surface area (Å²) in [5.74, 6) is -1.55. The van der Waals surface area contributed by atoms with Crippen LogP contribution in [0.3, 0.4) is 0 Å². The number of carboxylic acid groups (broad SMARTS) is 1. The molecule has 0 aliphatic rings. The summed E-state index contributed by atoms with van der Waals surface area (Å²) in [5, 5.41) is 14.9. The lowest BCUT2D eigenvalue weighted by Gasteiger charge is -2.22. The van der Waals surface area contributed by atoms with Gasteiger partial charge in [-0.15, -0.1) is 0 Å². The molecule has 0 radical (unpaired) electrons. The number of benzene rings is 2. The third-order valence-electron chi connectivity index (χ3n) is 4.24. The Morgan fingerprint density at radius 1 is 0.967 bits per heavy atom. The second-order valence-corrected chi connectivity index (χ2v) is 7.38. The van der Waals surface area contributed by atoms with Crippen LogP contribution in [0.4, 0.5) is 0 Å². The van der Waals surface area contributed by atoms with Crippen LogP contribution in [0, 0.1) is 5.92 Å². The molecule has 0 spiro atoms. The lowest BCUT2D eigenvalue weighted by atomic mass is 10.1. The van der Waals surface area contributed by atoms with E-state index in [2.05, 4.69) is 10.6 Å². The van der Waals surface area contributed by atoms with Gasteiger partial charge in [-0.2, -0.15) is 0 Å². The third-order valence-corrected chi connectivity index (χ3v) is 4.24. The quantitative estimate of drug-likeness (QED) is 0.344. The highest BCUT2D eigenvalue weighted by Crippen LogP contribution is 2.06. The molecule has 2 atom stereocenters. The number of amides is 1. The van der Waals surface area contributed by atoms with Crippen LogP contribution < -0.4 is 10.6 Å². The van der Waals surface area contributed by atoms with Gasteiger partial charge in [0.25, 0.3) is 0 Å². The minimum Gasteiger partial charge on any atom is -0.478 e. The number of nitrogens with one attached hydrogen (secondary N) is 2. The van der Waals surface area contributed by atoms with E-state index in [9.17, 15) is 14.7 Å². The number of ether oxygens (including phenoxy) is 2. The predicted octanol–water partition coefficient (Wildman–Crippen LogP) is 2.56. The van der Waals surface area contributed by atoms with Crippen molar-refractivity contribution >= 4 is 11.9 Å². The highest BCUT2D eigenvalue weighted by Gasteiger charge is 2.26. The van der Waals surface area contributed by atoms with Gasteiger partial charge in [0, 0.05) is 0 Å². The van der Waals surface area contributed by atoms with Crippen molar-refractivity contribution in [1.82, 2.24) is 10.6 Å². The molecule has 2 aromatic rings. The van der Waals surface area contributed by atoms with Crippen LogP contribution in [-0.2, 0) is 32.1 Å². The number of carbonyl (C=O) groups excluding carboxylic acids is 1. The summed E-state index contributed by atoms with van der Waals surface area (Å²) in [6, 6.07) is 18.5. The molecule has 30 heavy (non-hydrogen) atoms. The number of aliphatic carboxylic acids is 1. The summed E-state index contributed by atoms with van der Waals surface area (Å²) >= 11 is 0. The fourth-order valence-electron chi connectivity index (χ4n) is 2.70. The lowest BCUT2D eigenvalue weighted by Crippen LogP contribution is -2.52. The van der Waals surface area contributed by atoms with E-state index >= 15 is 0 Å². The number of rotatable bonds is 13. The van der Waals surface area contributed by atoms with Crippen LogP contribution in [0.25, 0.3) is 0 Å². The third kappa shape index (κ3) is 8.73. The van der Waals surface area contributed by atoms with Crippen molar-refractivity contribution < 1.29 is 24.2 Å². The number of carbonyl (C=O) groups is 2. The van der Waals surface area contributed by atoms with Gasteiger partial charge in [-0.25, -0.2) is 4.79 Å². The van der Waals surface area contributed by atoms with E-state index in [1.807, 2.05) is 74.5 Å². The Balaban J connectivity index is 1.96. The van der Waals surface area contributed by atoms with Crippen molar-refractivity contribution in [3.05, 3.63) is 71.8 Å². The normalized spacial score (nSPS) is 13.0. The van der Waals surface area contributed by atoms with Gasteiger partial charge in [-0.1, -0.05) is 74.5 Å². The van der Waals surface area contributed by atoms with E-state index in [-0.39, 0.29) is 19.3 Å². The Bertz CT molecular complexity index is 768. The second kappa shape index (κ2) is 12.7. The molecule has 162 valence electrons. The van der Waals surface area contributed by atoms with Crippen LogP contribution in [0.15, 0.2) is 60.7 Å². The lowest BCUT2D eigenvalue weighted by molar-refractivity contribution is -0.157. The maximum Gasteiger partial charge on any atom is 0.354 e. The fourth-order valence-corrected chi connectivity index (χ4v) is 2.70. The van der Waals surface area contributed by atoms with Crippen molar-refractivity contribution in [1.29, 1.82) is 0 Å². The monoisotopic (exact) mass is 414 g/mol. The van der Waals surface area contributed by atoms with E-state index in [0.29, 0.717) is 13.0 Å². The van der Waals surface area contributed by atoms with E-state index < -0.39 is 24.1 Å². The SMILES string of the molecule is CC(C)COC(NC(=O)[C@H](Cc1ccccc1)NCOCc1ccccc1)C(=O)O. The molecule has 0 fully saturated rings. The molecule has 1 unspecified atom stereocenters. The van der Waals surface area contributed by atoms with E-state index in [0.717, 1.165) is 11.1 Å². The summed E-state index contributed by atoms with van der Waals surface area (Å²) in [7, 11) is 0. The molecule has 0 saturated carbocycles. The average molecular weight is 415 g/mol. The predicted molar refractivity (Wildman–Crippen MR) is 114 cm³/mol. The Hall–Kier alpha value is -2.74. The van der Waals surface area contributed by atoms with Gasteiger partial charge < -0.3 is 19.9 Å². The van der Waals surface area contributed by atoms with Crippen molar-refractivity contribution in [3.8, 4) is 0 Å². The van der Waals surface area contributed by atoms with E-state index in [1.165, 1.54) is 0 Å². The van der Waals surface area contributed by atoms with Crippen molar-refractivity contribution in [2.45, 2.75) is 39.1 Å². The molecule has 0 aliphatic heterocycles. The van der Waals surface area contributed by atoms with Crippen LogP contribution in [-0.4, -0.2) is 42.6 Å². The smallest absolute Gasteiger partial charge is 0.354 e. The van der Waals surface area contributed by atoms with Gasteiger partial charge in [0.05, 0.1) is 26.0 Å². The molecule has 0 heterocycles. The molecule has 2 rings (SSSR count). The Labute approximate surface area is 177 Å². The topological polar surface area (TPSA) is 96.9 Å². The molecule has 3 N–H and O–H groups in total. The van der Waals surface area contributed by atoms with Gasteiger partial charge in [-0.05, 0) is 23.5 Å². The zero-order chi connectivity index (χ0) is 21.8. The molecule has 0 bridgehead atoms. The average Bonchev–Trinajstić information content (AvgIpc) is 2.74. The van der Waals surface area contributed by atoms with Gasteiger partial charge in [-0.3, -0.25) is 10.1 Å². The molecule has 1 amide bonds. The molecule has 0 aromatic heterocycles. The zero-order valence-electron chi connectivity index (χ0n) is 17.4. The summed E-state index contributed by atoms with van der Waals surface area (Å²) in [5.41, 5.74) is 1.97. The number of carboxylic acids is 1. The summed E-state index contributed by atoms with van der Waals surface area (Å²) in [6.07, 6.45) is -1.01. The molecule has 0 aliphatic carbocycles. The maximum atomic E-state index is 12.8. The van der Waals surface area contributed by atoms with Crippen LogP contribution in [0.5, 0.6) is 0 Å². The van der Waals surface area contributed by atoms with Gasteiger partial charge >= 0.3 is 5.97 Å². The minimum atomic E-state index is -1.40. The molecule has 0 saturated heterocycles. The molecule has 7 nitrogen and oxygen atoms in total. The second-order valence-electron chi connectivity index (χ2n) is 7.38. The Kier molecular flexibility index (Phi) is 10.00. The van der Waals surface area contributed by atoms with Crippen molar-refractivity contribution in [2.24, 2.45) is 5.92 Å². The molecular formula is C23H30N2O5. The first kappa shape index (κ1) is 23.5. The van der Waals surface area contributed by atoms with Crippen LogP contribution in [0.1, 0.15) is 25.0 Å². The summed E-state index contributed by atoms with van der Waals surface area (Å²) in [6.45, 7) is 4.59. The largest absolute Gasteiger partial charge is 0.478 e. The van der Waals surface area contributed by atoms with Crippen molar-refractivity contribution in [3.63, 3.8) is 0 Å². The highest BCUT2D eigenvalue weighted by atomic mass is 16.5. The number of hydrogen-bond acceptors (Lipinski definition) is 5. The number of hydrogen-bond donors (Lipinski definition) is 3. The standard InChI is InChI=1S/C23H30N2O5/c1-17(2)14-30-22(23(27)28)25-21(26)20(13-18-9-5-3-6-10-18)24-16-29-15-19-11-7-4-8-12-19/h3-12,17,20,22,24H,13-16H2,1-2H3,(H,25,26)(H,27,28)/t20-,22?/m0/s1. The van der Waals surface area contributed by atoms with Gasteiger partial charge in [0.2, 0.25) is 12.1 Å². The summed E-state index contributed by atoms with van der Waals surface area (Å²) in [4.78, 5) is 24.3. The van der Waals surface area contributed by atoms with Gasteiger partial charge in [0.15, 0.2) is 0 Å². The zero-order valence-corrected chi connectivity index (χ0v) is 17.4. The first-order valence-corrected chi connectivity index (χ1v) is 9.99. The first-order chi connectivity index (χ1) is 14.5. The molecule has 7 heteroatoms.